The van der Waals surface area contributed by atoms with Crippen LogP contribution in [0.25, 0.3) is 10.6 Å². The van der Waals surface area contributed by atoms with E-state index in [2.05, 4.69) is 4.98 Å². The molecule has 0 atom stereocenters. The maximum absolute atomic E-state index is 8.55. The van der Waals surface area contributed by atoms with Crippen LogP contribution >= 0.6 is 22.7 Å². The molecular formula is C8H4N2S2. The maximum atomic E-state index is 8.55. The number of hydrogen-bond acceptors (Lipinski definition) is 4. The molecule has 0 aliphatic rings. The number of nitriles is 1. The van der Waals surface area contributed by atoms with Crippen LogP contribution < -0.4 is 0 Å². The van der Waals surface area contributed by atoms with Gasteiger partial charge in [0.05, 0.1) is 10.6 Å². The van der Waals surface area contributed by atoms with E-state index in [0.717, 1.165) is 10.6 Å². The average Bonchev–Trinajstić information content (AvgIpc) is 2.75. The lowest BCUT2D eigenvalue weighted by Gasteiger charge is -1.84. The standard InChI is InChI=1S/C8H4N2S2/c9-4-8-10-6(5-12-8)7-2-1-3-11-7/h1-3,5H. The summed E-state index contributed by atoms with van der Waals surface area (Å²) in [6.07, 6.45) is 0. The predicted octanol–water partition coefficient (Wildman–Crippen LogP) is 2.74. The summed E-state index contributed by atoms with van der Waals surface area (Å²) in [5.74, 6) is 0. The second-order valence-electron chi connectivity index (χ2n) is 2.13. The van der Waals surface area contributed by atoms with Crippen molar-refractivity contribution in [3.8, 4) is 16.6 Å². The van der Waals surface area contributed by atoms with E-state index in [1.165, 1.54) is 11.3 Å². The molecule has 0 aromatic carbocycles. The van der Waals surface area contributed by atoms with E-state index < -0.39 is 0 Å². The van der Waals surface area contributed by atoms with Crippen LogP contribution in [0, 0.1) is 11.3 Å². The second-order valence-corrected chi connectivity index (χ2v) is 3.93. The number of hydrogen-bond donors (Lipinski definition) is 0. The Bertz CT molecular complexity index is 408. The van der Waals surface area contributed by atoms with Gasteiger partial charge in [-0.3, -0.25) is 0 Å². The first kappa shape index (κ1) is 7.47. The highest BCUT2D eigenvalue weighted by Crippen LogP contribution is 2.25. The maximum Gasteiger partial charge on any atom is 0.194 e. The molecule has 0 fully saturated rings. The summed E-state index contributed by atoms with van der Waals surface area (Å²) in [5, 5.41) is 13.0. The highest BCUT2D eigenvalue weighted by atomic mass is 32.1. The lowest BCUT2D eigenvalue weighted by atomic mass is 10.4. The molecule has 0 amide bonds. The number of thiazole rings is 1. The zero-order chi connectivity index (χ0) is 8.39. The van der Waals surface area contributed by atoms with Gasteiger partial charge in [0.15, 0.2) is 5.01 Å². The SMILES string of the molecule is N#Cc1nc(-c2cccs2)cs1. The first-order chi connectivity index (χ1) is 5.90. The van der Waals surface area contributed by atoms with Crippen molar-refractivity contribution in [1.29, 1.82) is 5.26 Å². The Morgan fingerprint density at radius 1 is 1.42 bits per heavy atom. The van der Waals surface area contributed by atoms with Gasteiger partial charge in [-0.2, -0.15) is 5.26 Å². The van der Waals surface area contributed by atoms with E-state index >= 15 is 0 Å². The summed E-state index contributed by atoms with van der Waals surface area (Å²) in [6.45, 7) is 0. The van der Waals surface area contributed by atoms with Crippen molar-refractivity contribution in [2.75, 3.05) is 0 Å². The van der Waals surface area contributed by atoms with Crippen LogP contribution in [0.2, 0.25) is 0 Å². The minimum absolute atomic E-state index is 0.526. The summed E-state index contributed by atoms with van der Waals surface area (Å²) in [4.78, 5) is 5.26. The Morgan fingerprint density at radius 3 is 2.92 bits per heavy atom. The Kier molecular flexibility index (Phi) is 1.90. The number of thiophene rings is 1. The van der Waals surface area contributed by atoms with Crippen molar-refractivity contribution in [2.45, 2.75) is 0 Å². The number of aromatic nitrogens is 1. The van der Waals surface area contributed by atoms with E-state index in [4.69, 9.17) is 5.26 Å². The van der Waals surface area contributed by atoms with E-state index in [1.807, 2.05) is 29.0 Å². The van der Waals surface area contributed by atoms with E-state index in [1.54, 1.807) is 11.3 Å². The van der Waals surface area contributed by atoms with Gasteiger partial charge >= 0.3 is 0 Å². The molecule has 2 heterocycles. The fraction of sp³-hybridized carbons (Fsp3) is 0. The molecule has 0 N–H and O–H groups in total. The van der Waals surface area contributed by atoms with E-state index in [-0.39, 0.29) is 0 Å². The summed E-state index contributed by atoms with van der Waals surface area (Å²) < 4.78 is 0. The molecule has 12 heavy (non-hydrogen) atoms. The van der Waals surface area contributed by atoms with Crippen LogP contribution in [0.1, 0.15) is 5.01 Å². The molecule has 0 spiro atoms. The van der Waals surface area contributed by atoms with Crippen LogP contribution in [0.3, 0.4) is 0 Å². The average molecular weight is 192 g/mol. The molecule has 0 aliphatic carbocycles. The van der Waals surface area contributed by atoms with Crippen LogP contribution in [0.4, 0.5) is 0 Å². The van der Waals surface area contributed by atoms with Crippen molar-refractivity contribution in [3.05, 3.63) is 27.9 Å². The Balaban J connectivity index is 2.44. The lowest BCUT2D eigenvalue weighted by Crippen LogP contribution is -1.71. The summed E-state index contributed by atoms with van der Waals surface area (Å²) in [5.41, 5.74) is 0.909. The zero-order valence-electron chi connectivity index (χ0n) is 6.02. The predicted molar refractivity (Wildman–Crippen MR) is 50.1 cm³/mol. The molecule has 2 aromatic heterocycles. The van der Waals surface area contributed by atoms with Gasteiger partial charge in [-0.25, -0.2) is 4.98 Å². The van der Waals surface area contributed by atoms with Crippen LogP contribution in [-0.4, -0.2) is 4.98 Å². The minimum Gasteiger partial charge on any atom is -0.225 e. The van der Waals surface area contributed by atoms with Gasteiger partial charge in [0, 0.05) is 5.38 Å². The van der Waals surface area contributed by atoms with Crippen LogP contribution in [0.15, 0.2) is 22.9 Å². The number of rotatable bonds is 1. The van der Waals surface area contributed by atoms with Crippen molar-refractivity contribution in [2.24, 2.45) is 0 Å². The zero-order valence-corrected chi connectivity index (χ0v) is 7.65. The third kappa shape index (κ3) is 1.24. The molecule has 58 valence electrons. The molecule has 2 nitrogen and oxygen atoms in total. The van der Waals surface area contributed by atoms with Crippen molar-refractivity contribution in [3.63, 3.8) is 0 Å². The molecule has 2 rings (SSSR count). The Morgan fingerprint density at radius 2 is 2.33 bits per heavy atom. The smallest absolute Gasteiger partial charge is 0.194 e. The summed E-state index contributed by atoms with van der Waals surface area (Å²) in [7, 11) is 0. The van der Waals surface area contributed by atoms with E-state index in [0.29, 0.717) is 5.01 Å². The highest BCUT2D eigenvalue weighted by molar-refractivity contribution is 7.14. The normalized spacial score (nSPS) is 9.58. The number of nitrogens with zero attached hydrogens (tertiary/aromatic N) is 2. The van der Waals surface area contributed by atoms with Crippen molar-refractivity contribution in [1.82, 2.24) is 4.98 Å². The second kappa shape index (κ2) is 3.05. The quantitative estimate of drug-likeness (QED) is 0.696. The monoisotopic (exact) mass is 192 g/mol. The van der Waals surface area contributed by atoms with Gasteiger partial charge in [0.1, 0.15) is 6.07 Å². The molecular weight excluding hydrogens is 188 g/mol. The largest absolute Gasteiger partial charge is 0.225 e. The van der Waals surface area contributed by atoms with Gasteiger partial charge in [0.2, 0.25) is 0 Å². The van der Waals surface area contributed by atoms with Crippen LogP contribution in [0.5, 0.6) is 0 Å². The first-order valence-corrected chi connectivity index (χ1v) is 5.05. The highest BCUT2D eigenvalue weighted by Gasteiger charge is 2.03. The third-order valence-corrected chi connectivity index (χ3v) is 3.01. The van der Waals surface area contributed by atoms with Gasteiger partial charge < -0.3 is 0 Å². The summed E-state index contributed by atoms with van der Waals surface area (Å²) in [6, 6.07) is 6.00. The van der Waals surface area contributed by atoms with E-state index in [9.17, 15) is 0 Å². The first-order valence-electron chi connectivity index (χ1n) is 3.29. The third-order valence-electron chi connectivity index (χ3n) is 1.37. The van der Waals surface area contributed by atoms with Crippen molar-refractivity contribution >= 4 is 22.7 Å². The molecule has 0 saturated carbocycles. The van der Waals surface area contributed by atoms with Gasteiger partial charge in [-0.05, 0) is 11.4 Å². The molecule has 0 saturated heterocycles. The Labute approximate surface area is 77.7 Å². The topological polar surface area (TPSA) is 36.7 Å². The van der Waals surface area contributed by atoms with Gasteiger partial charge in [0.25, 0.3) is 0 Å². The van der Waals surface area contributed by atoms with Gasteiger partial charge in [-0.15, -0.1) is 22.7 Å². The Hall–Kier alpha value is -1.18. The fourth-order valence-corrected chi connectivity index (χ4v) is 2.23. The molecule has 0 radical (unpaired) electrons. The molecule has 0 bridgehead atoms. The van der Waals surface area contributed by atoms with Crippen molar-refractivity contribution < 1.29 is 0 Å². The fourth-order valence-electron chi connectivity index (χ4n) is 0.863. The molecule has 0 aliphatic heterocycles. The summed E-state index contributed by atoms with van der Waals surface area (Å²) >= 11 is 3.02. The molecule has 2 aromatic rings. The minimum atomic E-state index is 0.526. The molecule has 0 unspecified atom stereocenters. The van der Waals surface area contributed by atoms with Gasteiger partial charge in [-0.1, -0.05) is 6.07 Å². The van der Waals surface area contributed by atoms with Crippen LogP contribution in [-0.2, 0) is 0 Å². The molecule has 4 heteroatoms. The lowest BCUT2D eigenvalue weighted by molar-refractivity contribution is 1.36.